The third-order valence-corrected chi connectivity index (χ3v) is 4.95. The molecular formula is C20H27N3O2. The van der Waals surface area contributed by atoms with Crippen molar-refractivity contribution in [3.63, 3.8) is 0 Å². The number of nitrogens with two attached hydrogens (primary N) is 1. The van der Waals surface area contributed by atoms with E-state index in [-0.39, 0.29) is 11.9 Å². The first kappa shape index (κ1) is 17.7. The first-order chi connectivity index (χ1) is 12.1. The smallest absolute Gasteiger partial charge is 0.222 e. The van der Waals surface area contributed by atoms with E-state index in [0.29, 0.717) is 24.7 Å². The van der Waals surface area contributed by atoms with Crippen LogP contribution in [-0.4, -0.2) is 34.9 Å². The molecule has 134 valence electrons. The van der Waals surface area contributed by atoms with Crippen molar-refractivity contribution in [3.05, 3.63) is 42.4 Å². The number of aromatic nitrogens is 1. The number of amides is 1. The third kappa shape index (κ3) is 4.69. The van der Waals surface area contributed by atoms with E-state index in [1.807, 2.05) is 42.2 Å². The Morgan fingerprint density at radius 3 is 2.96 bits per heavy atom. The third-order valence-electron chi connectivity index (χ3n) is 4.95. The van der Waals surface area contributed by atoms with Crippen molar-refractivity contribution in [2.45, 2.75) is 45.1 Å². The van der Waals surface area contributed by atoms with Crippen LogP contribution in [0.4, 0.5) is 0 Å². The molecule has 1 aliphatic rings. The first-order valence-corrected chi connectivity index (χ1v) is 9.17. The van der Waals surface area contributed by atoms with Gasteiger partial charge in [0, 0.05) is 37.5 Å². The predicted molar refractivity (Wildman–Crippen MR) is 97.8 cm³/mol. The number of aryl methyl sites for hydroxylation is 1. The summed E-state index contributed by atoms with van der Waals surface area (Å²) < 4.78 is 5.79. The predicted octanol–water partition coefficient (Wildman–Crippen LogP) is 3.25. The van der Waals surface area contributed by atoms with Gasteiger partial charge in [-0.15, -0.1) is 0 Å². The molecule has 0 radical (unpaired) electrons. The van der Waals surface area contributed by atoms with Crippen molar-refractivity contribution in [2.24, 2.45) is 11.7 Å². The fourth-order valence-electron chi connectivity index (χ4n) is 3.38. The number of piperidine rings is 1. The lowest BCUT2D eigenvalue weighted by Crippen LogP contribution is -2.45. The number of hydrogen-bond acceptors (Lipinski definition) is 4. The van der Waals surface area contributed by atoms with Gasteiger partial charge in [0.1, 0.15) is 0 Å². The van der Waals surface area contributed by atoms with Gasteiger partial charge in [0.2, 0.25) is 5.91 Å². The highest BCUT2D eigenvalue weighted by molar-refractivity contribution is 5.76. The summed E-state index contributed by atoms with van der Waals surface area (Å²) >= 11 is 0. The topological polar surface area (TPSA) is 72.4 Å². The molecule has 2 N–H and O–H groups in total. The number of hydrogen-bond donors (Lipinski definition) is 1. The van der Waals surface area contributed by atoms with E-state index in [9.17, 15) is 4.79 Å². The molecule has 1 saturated heterocycles. The van der Waals surface area contributed by atoms with E-state index in [1.54, 1.807) is 6.20 Å². The summed E-state index contributed by atoms with van der Waals surface area (Å²) in [6.45, 7) is 3.69. The largest absolute Gasteiger partial charge is 0.441 e. The van der Waals surface area contributed by atoms with Crippen molar-refractivity contribution in [2.75, 3.05) is 13.1 Å². The zero-order valence-electron chi connectivity index (χ0n) is 14.9. The Hall–Kier alpha value is -2.14. The molecule has 1 aromatic carbocycles. The van der Waals surface area contributed by atoms with Crippen LogP contribution in [0.1, 0.15) is 38.5 Å². The number of benzene rings is 1. The average Bonchev–Trinajstić information content (AvgIpc) is 3.11. The van der Waals surface area contributed by atoms with Crippen LogP contribution in [0.3, 0.4) is 0 Å². The molecule has 25 heavy (non-hydrogen) atoms. The highest BCUT2D eigenvalue weighted by Crippen LogP contribution is 2.22. The highest BCUT2D eigenvalue weighted by Gasteiger charge is 2.25. The molecule has 0 saturated carbocycles. The van der Waals surface area contributed by atoms with Gasteiger partial charge >= 0.3 is 0 Å². The molecule has 1 amide bonds. The second kappa shape index (κ2) is 8.30. The number of carbonyl (C=O) groups excluding carboxylic acids is 1. The van der Waals surface area contributed by atoms with Crippen molar-refractivity contribution < 1.29 is 9.21 Å². The van der Waals surface area contributed by atoms with Gasteiger partial charge in [-0.2, -0.15) is 0 Å². The van der Waals surface area contributed by atoms with Gasteiger partial charge in [0.05, 0.1) is 6.20 Å². The van der Waals surface area contributed by atoms with Crippen LogP contribution in [0.5, 0.6) is 0 Å². The van der Waals surface area contributed by atoms with E-state index in [4.69, 9.17) is 10.2 Å². The van der Waals surface area contributed by atoms with Crippen LogP contribution in [0.25, 0.3) is 11.3 Å². The van der Waals surface area contributed by atoms with E-state index < -0.39 is 0 Å². The SMILES string of the molecule is CC(N)C1CCCN(C(=O)CCCc2ncc(-c3ccccc3)o2)C1. The summed E-state index contributed by atoms with van der Waals surface area (Å²) in [5, 5.41) is 0. The molecule has 1 aliphatic heterocycles. The van der Waals surface area contributed by atoms with Crippen molar-refractivity contribution >= 4 is 5.91 Å². The minimum Gasteiger partial charge on any atom is -0.441 e. The fraction of sp³-hybridized carbons (Fsp3) is 0.500. The number of likely N-dealkylation sites (tertiary alicyclic amines) is 1. The Morgan fingerprint density at radius 1 is 1.40 bits per heavy atom. The maximum atomic E-state index is 12.4. The lowest BCUT2D eigenvalue weighted by atomic mass is 9.92. The molecular weight excluding hydrogens is 314 g/mol. The number of carbonyl (C=O) groups is 1. The zero-order chi connectivity index (χ0) is 17.6. The Morgan fingerprint density at radius 2 is 2.20 bits per heavy atom. The maximum Gasteiger partial charge on any atom is 0.222 e. The molecule has 2 aromatic rings. The standard InChI is InChI=1S/C20H27N3O2/c1-15(21)17-9-6-12-23(14-17)20(24)11-5-10-19-22-13-18(25-19)16-7-3-2-4-8-16/h2-4,7-8,13,15,17H,5-6,9-12,14,21H2,1H3. The molecule has 1 fully saturated rings. The minimum atomic E-state index is 0.152. The van der Waals surface area contributed by atoms with Gasteiger partial charge in [-0.05, 0) is 32.1 Å². The molecule has 5 heteroatoms. The van der Waals surface area contributed by atoms with E-state index in [1.165, 1.54) is 0 Å². The van der Waals surface area contributed by atoms with Crippen LogP contribution < -0.4 is 5.73 Å². The second-order valence-electron chi connectivity index (χ2n) is 6.94. The fourth-order valence-corrected chi connectivity index (χ4v) is 3.38. The van der Waals surface area contributed by atoms with E-state index in [2.05, 4.69) is 4.98 Å². The van der Waals surface area contributed by atoms with Crippen molar-refractivity contribution in [1.82, 2.24) is 9.88 Å². The molecule has 3 rings (SSSR count). The van der Waals surface area contributed by atoms with E-state index in [0.717, 1.165) is 43.7 Å². The molecule has 0 bridgehead atoms. The molecule has 5 nitrogen and oxygen atoms in total. The minimum absolute atomic E-state index is 0.152. The number of nitrogens with zero attached hydrogens (tertiary/aromatic N) is 2. The van der Waals surface area contributed by atoms with Crippen LogP contribution in [0.15, 0.2) is 40.9 Å². The Labute approximate surface area is 149 Å². The summed E-state index contributed by atoms with van der Waals surface area (Å²) in [6, 6.07) is 10.1. The van der Waals surface area contributed by atoms with Crippen molar-refractivity contribution in [3.8, 4) is 11.3 Å². The van der Waals surface area contributed by atoms with E-state index >= 15 is 0 Å². The summed E-state index contributed by atoms with van der Waals surface area (Å²) in [4.78, 5) is 18.7. The lowest BCUT2D eigenvalue weighted by Gasteiger charge is -2.34. The molecule has 2 unspecified atom stereocenters. The highest BCUT2D eigenvalue weighted by atomic mass is 16.4. The summed E-state index contributed by atoms with van der Waals surface area (Å²) in [5.74, 6) is 2.12. The van der Waals surface area contributed by atoms with Gasteiger partial charge in [-0.25, -0.2) is 4.98 Å². The monoisotopic (exact) mass is 341 g/mol. The maximum absolute atomic E-state index is 12.4. The average molecular weight is 341 g/mol. The Bertz CT molecular complexity index is 681. The Balaban J connectivity index is 1.47. The first-order valence-electron chi connectivity index (χ1n) is 9.17. The molecule has 0 spiro atoms. The van der Waals surface area contributed by atoms with Crippen LogP contribution in [-0.2, 0) is 11.2 Å². The van der Waals surface area contributed by atoms with Gasteiger partial charge in [-0.3, -0.25) is 4.79 Å². The van der Waals surface area contributed by atoms with Crippen molar-refractivity contribution in [1.29, 1.82) is 0 Å². The summed E-state index contributed by atoms with van der Waals surface area (Å²) in [5.41, 5.74) is 7.02. The summed E-state index contributed by atoms with van der Waals surface area (Å²) in [7, 11) is 0. The lowest BCUT2D eigenvalue weighted by molar-refractivity contribution is -0.133. The Kier molecular flexibility index (Phi) is 5.87. The van der Waals surface area contributed by atoms with Crippen LogP contribution in [0, 0.1) is 5.92 Å². The van der Waals surface area contributed by atoms with Gasteiger partial charge < -0.3 is 15.1 Å². The molecule has 2 heterocycles. The van der Waals surface area contributed by atoms with Gasteiger partial charge in [0.15, 0.2) is 11.7 Å². The number of rotatable bonds is 6. The van der Waals surface area contributed by atoms with Gasteiger partial charge in [0.25, 0.3) is 0 Å². The second-order valence-corrected chi connectivity index (χ2v) is 6.94. The van der Waals surface area contributed by atoms with Crippen LogP contribution >= 0.6 is 0 Å². The molecule has 0 aliphatic carbocycles. The molecule has 1 aromatic heterocycles. The quantitative estimate of drug-likeness (QED) is 0.875. The van der Waals surface area contributed by atoms with Gasteiger partial charge in [-0.1, -0.05) is 30.3 Å². The van der Waals surface area contributed by atoms with Crippen LogP contribution in [0.2, 0.25) is 0 Å². The normalized spacial score (nSPS) is 19.0. The summed E-state index contributed by atoms with van der Waals surface area (Å²) in [6.07, 6.45) is 5.91. The molecule has 2 atom stereocenters. The zero-order valence-corrected chi connectivity index (χ0v) is 14.9. The number of oxazole rings is 1.